The summed E-state index contributed by atoms with van der Waals surface area (Å²) in [7, 11) is 1.66. The van der Waals surface area contributed by atoms with Crippen LogP contribution < -0.4 is 0 Å². The molecule has 0 fully saturated rings. The van der Waals surface area contributed by atoms with E-state index in [0.29, 0.717) is 0 Å². The number of allylic oxidation sites excluding steroid dienone is 1. The Kier molecular flexibility index (Phi) is 6.00. The van der Waals surface area contributed by atoms with Crippen LogP contribution in [0.3, 0.4) is 0 Å². The molecule has 0 unspecified atom stereocenters. The Balaban J connectivity index is 4.01. The third kappa shape index (κ3) is 3.36. The van der Waals surface area contributed by atoms with Gasteiger partial charge in [-0.1, -0.05) is 13.0 Å². The molecule has 0 atom stereocenters. The zero-order chi connectivity index (χ0) is 9.45. The van der Waals surface area contributed by atoms with Crippen molar-refractivity contribution in [3.05, 3.63) is 12.3 Å². The predicted molar refractivity (Wildman–Crippen MR) is 47.3 cm³/mol. The molecule has 12 heavy (non-hydrogen) atoms. The molecular formula is C7H16O4Si. The summed E-state index contributed by atoms with van der Waals surface area (Å²) in [6.45, 7) is 2.01. The van der Waals surface area contributed by atoms with E-state index in [1.54, 1.807) is 6.26 Å². The Morgan fingerprint density at radius 2 is 1.58 bits per heavy atom. The molecule has 0 aliphatic heterocycles. The quantitative estimate of drug-likeness (QED) is 0.469. The average molecular weight is 192 g/mol. The average Bonchev–Trinajstić information content (AvgIpc) is 2.14. The van der Waals surface area contributed by atoms with Crippen LogP contribution in [0.1, 0.15) is 13.3 Å². The SMILES string of the molecule is CCC=CO[Si](OC)(OC)OC. The molecule has 0 N–H and O–H groups in total. The van der Waals surface area contributed by atoms with Gasteiger partial charge in [0.15, 0.2) is 0 Å². The zero-order valence-electron chi connectivity index (χ0n) is 7.99. The molecule has 0 saturated carbocycles. The van der Waals surface area contributed by atoms with Gasteiger partial charge in [-0.25, -0.2) is 0 Å². The molecule has 0 aliphatic carbocycles. The van der Waals surface area contributed by atoms with Gasteiger partial charge in [-0.15, -0.1) is 0 Å². The fraction of sp³-hybridized carbons (Fsp3) is 0.714. The lowest BCUT2D eigenvalue weighted by Crippen LogP contribution is -2.44. The summed E-state index contributed by atoms with van der Waals surface area (Å²) in [6.07, 6.45) is 4.31. The molecule has 4 nitrogen and oxygen atoms in total. The third-order valence-electron chi connectivity index (χ3n) is 1.29. The van der Waals surface area contributed by atoms with Crippen molar-refractivity contribution in [2.75, 3.05) is 21.3 Å². The maximum Gasteiger partial charge on any atom is 0.748 e. The van der Waals surface area contributed by atoms with E-state index in [9.17, 15) is 0 Å². The molecule has 0 aromatic carbocycles. The van der Waals surface area contributed by atoms with E-state index in [1.807, 2.05) is 13.0 Å². The first kappa shape index (κ1) is 11.6. The van der Waals surface area contributed by atoms with Crippen LogP contribution in [0.5, 0.6) is 0 Å². The van der Waals surface area contributed by atoms with Crippen molar-refractivity contribution in [1.82, 2.24) is 0 Å². The van der Waals surface area contributed by atoms with Gasteiger partial charge in [0.2, 0.25) is 0 Å². The highest BCUT2D eigenvalue weighted by Crippen LogP contribution is 2.07. The highest BCUT2D eigenvalue weighted by atomic mass is 28.4. The van der Waals surface area contributed by atoms with Crippen molar-refractivity contribution in [1.29, 1.82) is 0 Å². The normalized spacial score (nSPS) is 12.3. The second-order valence-corrected chi connectivity index (χ2v) is 4.47. The molecule has 5 heteroatoms. The Hall–Kier alpha value is -0.363. The smallest absolute Gasteiger partial charge is 0.487 e. The molecule has 72 valence electrons. The van der Waals surface area contributed by atoms with E-state index >= 15 is 0 Å². The summed E-state index contributed by atoms with van der Waals surface area (Å²) >= 11 is 0. The summed E-state index contributed by atoms with van der Waals surface area (Å²) in [6, 6.07) is 0. The van der Waals surface area contributed by atoms with Crippen molar-refractivity contribution in [3.63, 3.8) is 0 Å². The summed E-state index contributed by atoms with van der Waals surface area (Å²) in [5, 5.41) is 0. The second kappa shape index (κ2) is 6.19. The molecule has 0 bridgehead atoms. The number of rotatable bonds is 6. The first-order valence-electron chi connectivity index (χ1n) is 3.73. The van der Waals surface area contributed by atoms with Crippen LogP contribution in [-0.2, 0) is 17.7 Å². The highest BCUT2D eigenvalue weighted by molar-refractivity contribution is 6.53. The lowest BCUT2D eigenvalue weighted by Gasteiger charge is -2.20. The predicted octanol–water partition coefficient (Wildman–Crippen LogP) is 1.30. The molecule has 0 saturated heterocycles. The van der Waals surface area contributed by atoms with Crippen LogP contribution in [0.4, 0.5) is 0 Å². The standard InChI is InChI=1S/C7H16O4Si/c1-5-6-7-11-12(8-2,9-3)10-4/h6-7H,5H2,1-4H3. The molecule has 0 heterocycles. The first-order valence-corrected chi connectivity index (χ1v) is 5.36. The Bertz CT molecular complexity index is 125. The van der Waals surface area contributed by atoms with Gasteiger partial charge in [-0.2, -0.15) is 0 Å². The van der Waals surface area contributed by atoms with Crippen molar-refractivity contribution in [2.24, 2.45) is 0 Å². The van der Waals surface area contributed by atoms with E-state index in [2.05, 4.69) is 0 Å². The van der Waals surface area contributed by atoms with Crippen LogP contribution in [0.2, 0.25) is 0 Å². The van der Waals surface area contributed by atoms with Gasteiger partial charge in [-0.05, 0) is 6.42 Å². The minimum Gasteiger partial charge on any atom is -0.487 e. The van der Waals surface area contributed by atoms with Crippen molar-refractivity contribution in [2.45, 2.75) is 13.3 Å². The molecule has 0 amide bonds. The minimum absolute atomic E-state index is 0.904. The lowest BCUT2D eigenvalue weighted by molar-refractivity contribution is 0.0349. The van der Waals surface area contributed by atoms with Gasteiger partial charge in [0.05, 0.1) is 6.26 Å². The monoisotopic (exact) mass is 192 g/mol. The molecule has 0 rings (SSSR count). The Morgan fingerprint density at radius 3 is 1.92 bits per heavy atom. The Labute approximate surface area is 74.6 Å². The fourth-order valence-corrected chi connectivity index (χ4v) is 1.67. The van der Waals surface area contributed by atoms with Crippen LogP contribution in [0, 0.1) is 0 Å². The summed E-state index contributed by atoms with van der Waals surface area (Å²) < 4.78 is 20.2. The number of hydrogen-bond donors (Lipinski definition) is 0. The molecular weight excluding hydrogens is 176 g/mol. The molecule has 0 radical (unpaired) electrons. The fourth-order valence-electron chi connectivity index (χ4n) is 0.622. The van der Waals surface area contributed by atoms with Crippen molar-refractivity contribution >= 4 is 9.05 Å². The van der Waals surface area contributed by atoms with Gasteiger partial charge in [0.1, 0.15) is 0 Å². The van der Waals surface area contributed by atoms with E-state index in [4.69, 9.17) is 17.7 Å². The summed E-state index contributed by atoms with van der Waals surface area (Å²) in [5.41, 5.74) is 0. The lowest BCUT2D eigenvalue weighted by atomic mass is 10.5. The summed E-state index contributed by atoms with van der Waals surface area (Å²) in [5.74, 6) is 0. The van der Waals surface area contributed by atoms with Crippen molar-refractivity contribution in [3.8, 4) is 0 Å². The maximum absolute atomic E-state index is 5.21. The van der Waals surface area contributed by atoms with Gasteiger partial charge >= 0.3 is 9.05 Å². The van der Waals surface area contributed by atoms with Crippen molar-refractivity contribution < 1.29 is 17.7 Å². The Morgan fingerprint density at radius 1 is 1.08 bits per heavy atom. The zero-order valence-corrected chi connectivity index (χ0v) is 8.99. The van der Waals surface area contributed by atoms with E-state index in [1.165, 1.54) is 21.3 Å². The third-order valence-corrected chi connectivity index (χ3v) is 3.22. The van der Waals surface area contributed by atoms with Crippen LogP contribution in [0.25, 0.3) is 0 Å². The second-order valence-electron chi connectivity index (χ2n) is 2.01. The number of hydrogen-bond acceptors (Lipinski definition) is 4. The largest absolute Gasteiger partial charge is 0.748 e. The van der Waals surface area contributed by atoms with Crippen LogP contribution in [0.15, 0.2) is 12.3 Å². The van der Waals surface area contributed by atoms with E-state index in [0.717, 1.165) is 6.42 Å². The highest BCUT2D eigenvalue weighted by Gasteiger charge is 2.43. The van der Waals surface area contributed by atoms with Gasteiger partial charge in [0, 0.05) is 21.3 Å². The van der Waals surface area contributed by atoms with Crippen LogP contribution >= 0.6 is 0 Å². The molecule has 0 aromatic heterocycles. The van der Waals surface area contributed by atoms with Crippen LogP contribution in [-0.4, -0.2) is 30.4 Å². The molecule has 0 aliphatic rings. The van der Waals surface area contributed by atoms with E-state index in [-0.39, 0.29) is 0 Å². The van der Waals surface area contributed by atoms with Gasteiger partial charge in [-0.3, -0.25) is 0 Å². The topological polar surface area (TPSA) is 36.9 Å². The van der Waals surface area contributed by atoms with E-state index < -0.39 is 9.05 Å². The maximum atomic E-state index is 5.21. The molecule has 0 spiro atoms. The first-order chi connectivity index (χ1) is 5.74. The molecule has 0 aromatic rings. The summed E-state index contributed by atoms with van der Waals surface area (Å²) in [4.78, 5) is 0. The van der Waals surface area contributed by atoms with Gasteiger partial charge in [0.25, 0.3) is 0 Å². The minimum atomic E-state index is -2.84. The van der Waals surface area contributed by atoms with Gasteiger partial charge < -0.3 is 17.7 Å².